The molecule has 8 nitrogen and oxygen atoms in total. The second-order valence-electron chi connectivity index (χ2n) is 8.91. The fourth-order valence-electron chi connectivity index (χ4n) is 4.26. The Bertz CT molecular complexity index is 1160. The number of hydrogen-bond donors (Lipinski definition) is 1. The Morgan fingerprint density at radius 1 is 1.08 bits per heavy atom. The number of hydrogen-bond acceptors (Lipinski definition) is 7. The molecule has 0 atom stereocenters. The summed E-state index contributed by atoms with van der Waals surface area (Å²) in [5.74, 6) is -0.864. The van der Waals surface area contributed by atoms with Crippen molar-refractivity contribution in [1.82, 2.24) is 9.21 Å². The molecule has 1 aliphatic rings. The van der Waals surface area contributed by atoms with Gasteiger partial charge in [0.1, 0.15) is 5.00 Å². The summed E-state index contributed by atoms with van der Waals surface area (Å²) in [6, 6.07) is 6.00. The zero-order valence-electron chi connectivity index (χ0n) is 22.0. The monoisotopic (exact) mass is 571 g/mol. The van der Waals surface area contributed by atoms with Crippen LogP contribution in [0.1, 0.15) is 77.6 Å². The van der Waals surface area contributed by atoms with Crippen molar-refractivity contribution in [3.63, 3.8) is 0 Å². The predicted octanol–water partition coefficient (Wildman–Crippen LogP) is 5.18. The molecule has 37 heavy (non-hydrogen) atoms. The average Bonchev–Trinajstić information content (AvgIpc) is 3.24. The van der Waals surface area contributed by atoms with E-state index in [4.69, 9.17) is 4.74 Å². The van der Waals surface area contributed by atoms with Crippen LogP contribution in [0.4, 0.5) is 5.00 Å². The maximum absolute atomic E-state index is 13.2. The van der Waals surface area contributed by atoms with Crippen LogP contribution in [-0.4, -0.2) is 62.8 Å². The molecule has 0 unspecified atom stereocenters. The van der Waals surface area contributed by atoms with Crippen molar-refractivity contribution in [3.05, 3.63) is 45.8 Å². The first-order valence-electron chi connectivity index (χ1n) is 12.6. The van der Waals surface area contributed by atoms with E-state index < -0.39 is 21.9 Å². The van der Waals surface area contributed by atoms with Crippen LogP contribution in [0.3, 0.4) is 0 Å². The Kier molecular flexibility index (Phi) is 12.0. The number of fused-ring (bicyclic) bond motifs is 1. The second kappa shape index (κ2) is 14.2. The molecule has 1 aromatic heterocycles. The van der Waals surface area contributed by atoms with E-state index in [9.17, 15) is 18.0 Å². The first-order chi connectivity index (χ1) is 17.3. The smallest absolute Gasteiger partial charge is 0.341 e. The fraction of sp³-hybridized carbons (Fsp3) is 0.538. The first kappa shape index (κ1) is 31.2. The highest BCUT2D eigenvalue weighted by Crippen LogP contribution is 2.37. The maximum Gasteiger partial charge on any atom is 0.341 e. The fourth-order valence-corrected chi connectivity index (χ4v) is 7.05. The predicted molar refractivity (Wildman–Crippen MR) is 151 cm³/mol. The van der Waals surface area contributed by atoms with Gasteiger partial charge in [-0.1, -0.05) is 33.6 Å². The van der Waals surface area contributed by atoms with Crippen LogP contribution in [0.25, 0.3) is 0 Å². The van der Waals surface area contributed by atoms with Crippen molar-refractivity contribution in [1.29, 1.82) is 0 Å². The molecule has 0 aliphatic carbocycles. The molecule has 11 heteroatoms. The number of sulfonamides is 1. The third-order valence-electron chi connectivity index (χ3n) is 6.48. The van der Waals surface area contributed by atoms with Gasteiger partial charge in [0.2, 0.25) is 10.0 Å². The second-order valence-corrected chi connectivity index (χ2v) is 12.0. The van der Waals surface area contributed by atoms with E-state index in [0.29, 0.717) is 29.2 Å². The van der Waals surface area contributed by atoms with Crippen molar-refractivity contribution in [3.8, 4) is 0 Å². The summed E-state index contributed by atoms with van der Waals surface area (Å²) in [7, 11) is -2.30. The first-order valence-corrected chi connectivity index (χ1v) is 14.9. The molecule has 0 spiro atoms. The largest absolute Gasteiger partial charge is 0.465 e. The Hall–Kier alpha value is -1.98. The zero-order valence-corrected chi connectivity index (χ0v) is 24.5. The Balaban J connectivity index is 0.00000481. The SMILES string of the molecule is CCCCN(CCCC)S(=O)(=O)c1ccc(C(=O)Nc2sc3c(c2C(=O)OC)CCN(CC)C3)cc1.Cl. The average molecular weight is 572 g/mol. The molecular weight excluding hydrogens is 534 g/mol. The molecule has 1 N–H and O–H groups in total. The molecular formula is C26H38ClN3O5S2. The number of nitrogens with one attached hydrogen (secondary N) is 1. The summed E-state index contributed by atoms with van der Waals surface area (Å²) in [6.45, 7) is 9.62. The minimum Gasteiger partial charge on any atom is -0.465 e. The van der Waals surface area contributed by atoms with Crippen molar-refractivity contribution >= 4 is 50.6 Å². The standard InChI is InChI=1S/C26H37N3O5S2.ClH/c1-5-8-15-29(16-9-6-2)36(32,33)20-12-10-19(11-13-20)24(30)27-25-23(26(31)34-4)21-14-17-28(7-3)18-22(21)35-25;/h10-13H,5-9,14-18H2,1-4H3,(H,27,30);1H. The van der Waals surface area contributed by atoms with Gasteiger partial charge in [-0.3, -0.25) is 9.69 Å². The Labute approximate surface area is 230 Å². The van der Waals surface area contributed by atoms with Gasteiger partial charge in [-0.05, 0) is 55.6 Å². The number of carbonyl (C=O) groups is 2. The molecule has 0 bridgehead atoms. The highest BCUT2D eigenvalue weighted by atomic mass is 35.5. The number of esters is 1. The van der Waals surface area contributed by atoms with Crippen LogP contribution in [-0.2, 0) is 27.7 Å². The van der Waals surface area contributed by atoms with E-state index in [1.165, 1.54) is 47.0 Å². The lowest BCUT2D eigenvalue weighted by Gasteiger charge is -2.25. The van der Waals surface area contributed by atoms with Gasteiger partial charge >= 0.3 is 5.97 Å². The van der Waals surface area contributed by atoms with Gasteiger partial charge in [-0.2, -0.15) is 4.31 Å². The minimum atomic E-state index is -3.64. The van der Waals surface area contributed by atoms with E-state index in [1.54, 1.807) is 0 Å². The number of ether oxygens (including phenoxy) is 1. The van der Waals surface area contributed by atoms with E-state index >= 15 is 0 Å². The lowest BCUT2D eigenvalue weighted by molar-refractivity contribution is 0.0600. The molecule has 2 heterocycles. The molecule has 1 amide bonds. The number of benzene rings is 1. The van der Waals surface area contributed by atoms with E-state index in [-0.39, 0.29) is 17.3 Å². The highest BCUT2D eigenvalue weighted by Gasteiger charge is 2.29. The zero-order chi connectivity index (χ0) is 26.3. The normalized spacial score (nSPS) is 13.6. The highest BCUT2D eigenvalue weighted by molar-refractivity contribution is 7.89. The molecule has 1 aliphatic heterocycles. The lowest BCUT2D eigenvalue weighted by Crippen LogP contribution is -2.33. The van der Waals surface area contributed by atoms with Gasteiger partial charge in [-0.15, -0.1) is 23.7 Å². The Morgan fingerprint density at radius 2 is 1.70 bits per heavy atom. The maximum atomic E-state index is 13.2. The van der Waals surface area contributed by atoms with Crippen LogP contribution in [0.2, 0.25) is 0 Å². The summed E-state index contributed by atoms with van der Waals surface area (Å²) in [6.07, 6.45) is 4.14. The third kappa shape index (κ3) is 7.32. The van der Waals surface area contributed by atoms with Crippen LogP contribution >= 0.6 is 23.7 Å². The topological polar surface area (TPSA) is 96.0 Å². The lowest BCUT2D eigenvalue weighted by atomic mass is 10.0. The van der Waals surface area contributed by atoms with Crippen LogP contribution < -0.4 is 5.32 Å². The van der Waals surface area contributed by atoms with Gasteiger partial charge in [0.25, 0.3) is 5.91 Å². The number of rotatable bonds is 12. The number of carbonyl (C=O) groups excluding carboxylic acids is 2. The summed E-state index contributed by atoms with van der Waals surface area (Å²) in [5, 5.41) is 3.34. The third-order valence-corrected chi connectivity index (χ3v) is 9.52. The van der Waals surface area contributed by atoms with Gasteiger partial charge in [0.05, 0.1) is 17.6 Å². The quantitative estimate of drug-likeness (QED) is 0.353. The van der Waals surface area contributed by atoms with Crippen molar-refractivity contribution in [2.75, 3.05) is 38.6 Å². The summed E-state index contributed by atoms with van der Waals surface area (Å²) in [4.78, 5) is 29.1. The summed E-state index contributed by atoms with van der Waals surface area (Å²) >= 11 is 1.40. The molecule has 2 aromatic rings. The van der Waals surface area contributed by atoms with E-state index in [2.05, 4.69) is 17.1 Å². The van der Waals surface area contributed by atoms with Crippen LogP contribution in [0, 0.1) is 0 Å². The number of likely N-dealkylation sites (N-methyl/N-ethyl adjacent to an activating group) is 1. The number of anilines is 1. The van der Waals surface area contributed by atoms with Crippen LogP contribution in [0.15, 0.2) is 29.2 Å². The van der Waals surface area contributed by atoms with Crippen molar-refractivity contribution in [2.24, 2.45) is 0 Å². The summed E-state index contributed by atoms with van der Waals surface area (Å²) in [5.41, 5.74) is 1.68. The molecule has 1 aromatic carbocycles. The van der Waals surface area contributed by atoms with Crippen molar-refractivity contribution in [2.45, 2.75) is 64.3 Å². The minimum absolute atomic E-state index is 0. The number of methoxy groups -OCH3 is 1. The molecule has 3 rings (SSSR count). The van der Waals surface area contributed by atoms with E-state index in [0.717, 1.165) is 62.2 Å². The molecule has 0 fully saturated rings. The molecule has 0 radical (unpaired) electrons. The van der Waals surface area contributed by atoms with Gasteiger partial charge in [-0.25, -0.2) is 13.2 Å². The molecule has 0 saturated heterocycles. The number of amides is 1. The Morgan fingerprint density at radius 3 is 2.24 bits per heavy atom. The number of thiophene rings is 1. The van der Waals surface area contributed by atoms with Crippen molar-refractivity contribution < 1.29 is 22.7 Å². The van der Waals surface area contributed by atoms with Crippen LogP contribution in [0.5, 0.6) is 0 Å². The number of nitrogens with zero attached hydrogens (tertiary/aromatic N) is 2. The molecule has 206 valence electrons. The van der Waals surface area contributed by atoms with Gasteiger partial charge in [0.15, 0.2) is 0 Å². The van der Waals surface area contributed by atoms with Gasteiger partial charge in [0, 0.05) is 36.6 Å². The number of halogens is 1. The summed E-state index contributed by atoms with van der Waals surface area (Å²) < 4.78 is 32.9. The van der Waals surface area contributed by atoms with E-state index in [1.807, 2.05) is 13.8 Å². The number of unbranched alkanes of at least 4 members (excludes halogenated alkanes) is 2. The van der Waals surface area contributed by atoms with Gasteiger partial charge < -0.3 is 10.1 Å². The molecule has 0 saturated carbocycles.